The van der Waals surface area contributed by atoms with E-state index in [-0.39, 0.29) is 0 Å². The van der Waals surface area contributed by atoms with Gasteiger partial charge in [0.2, 0.25) is 5.78 Å². The molecule has 4 rings (SSSR count). The van der Waals surface area contributed by atoms with Gasteiger partial charge in [0.15, 0.2) is 5.82 Å². The summed E-state index contributed by atoms with van der Waals surface area (Å²) in [7, 11) is 2.01. The molecule has 5 heteroatoms. The van der Waals surface area contributed by atoms with Crippen LogP contribution in [0.4, 0.5) is 0 Å². The van der Waals surface area contributed by atoms with E-state index in [1.54, 1.807) is 0 Å². The van der Waals surface area contributed by atoms with Crippen LogP contribution in [0.5, 0.6) is 0 Å². The largest absolute Gasteiger partial charge is 0.326 e. The van der Waals surface area contributed by atoms with Crippen LogP contribution in [0.1, 0.15) is 11.4 Å². The van der Waals surface area contributed by atoms with Crippen molar-refractivity contribution in [2.75, 3.05) is 0 Å². The first-order valence-corrected chi connectivity index (χ1v) is 6.88. The molecule has 4 aromatic rings. The molecule has 0 bridgehead atoms. The highest BCUT2D eigenvalue weighted by molar-refractivity contribution is 5.80. The van der Waals surface area contributed by atoms with Crippen LogP contribution in [0.25, 0.3) is 28.3 Å². The molecule has 5 nitrogen and oxygen atoms in total. The molecule has 0 atom stereocenters. The first-order valence-electron chi connectivity index (χ1n) is 6.88. The molecule has 21 heavy (non-hydrogen) atoms. The fourth-order valence-corrected chi connectivity index (χ4v) is 2.75. The monoisotopic (exact) mass is 277 g/mol. The van der Waals surface area contributed by atoms with E-state index in [4.69, 9.17) is 0 Å². The fourth-order valence-electron chi connectivity index (χ4n) is 2.75. The number of nitrogens with zero attached hydrogens (tertiary/aromatic N) is 5. The van der Waals surface area contributed by atoms with Gasteiger partial charge in [0.25, 0.3) is 0 Å². The normalized spacial score (nSPS) is 11.6. The van der Waals surface area contributed by atoms with E-state index >= 15 is 0 Å². The van der Waals surface area contributed by atoms with Gasteiger partial charge < -0.3 is 4.57 Å². The topological polar surface area (TPSA) is 48.0 Å². The number of hydrogen-bond donors (Lipinski definition) is 0. The first-order chi connectivity index (χ1) is 10.1. The van der Waals surface area contributed by atoms with E-state index in [9.17, 15) is 0 Å². The average molecular weight is 277 g/mol. The average Bonchev–Trinajstić information content (AvgIpc) is 3.01. The minimum Gasteiger partial charge on any atom is -0.326 e. The molecule has 0 aliphatic rings. The van der Waals surface area contributed by atoms with Crippen molar-refractivity contribution in [3.05, 3.63) is 47.9 Å². The lowest BCUT2D eigenvalue weighted by Crippen LogP contribution is -1.94. The van der Waals surface area contributed by atoms with Gasteiger partial charge in [-0.2, -0.15) is 0 Å². The Morgan fingerprint density at radius 1 is 1.00 bits per heavy atom. The third-order valence-electron chi connectivity index (χ3n) is 3.78. The minimum atomic E-state index is 0.717. The van der Waals surface area contributed by atoms with E-state index < -0.39 is 0 Å². The molecule has 3 aromatic heterocycles. The summed E-state index contributed by atoms with van der Waals surface area (Å²) in [6.45, 7) is 4.04. The van der Waals surface area contributed by atoms with Gasteiger partial charge in [-0.1, -0.05) is 12.1 Å². The Labute approximate surface area is 121 Å². The number of hydrogen-bond acceptors (Lipinski definition) is 3. The van der Waals surface area contributed by atoms with E-state index in [2.05, 4.69) is 32.5 Å². The van der Waals surface area contributed by atoms with Crippen LogP contribution in [0.3, 0.4) is 0 Å². The van der Waals surface area contributed by atoms with Crippen molar-refractivity contribution < 1.29 is 0 Å². The summed E-state index contributed by atoms with van der Waals surface area (Å²) in [6.07, 6.45) is 2.00. The minimum absolute atomic E-state index is 0.717. The fraction of sp³-hybridized carbons (Fsp3) is 0.188. The highest BCUT2D eigenvalue weighted by atomic mass is 15.1. The van der Waals surface area contributed by atoms with Gasteiger partial charge in [0.1, 0.15) is 5.69 Å². The number of para-hydroxylation sites is 2. The number of fused-ring (bicyclic) bond motifs is 2. The van der Waals surface area contributed by atoms with Crippen LogP contribution in [0, 0.1) is 13.8 Å². The van der Waals surface area contributed by atoms with Crippen molar-refractivity contribution in [2.24, 2.45) is 7.05 Å². The Bertz CT molecular complexity index is 977. The molecule has 0 spiro atoms. The second-order valence-electron chi connectivity index (χ2n) is 5.32. The van der Waals surface area contributed by atoms with Gasteiger partial charge in [0, 0.05) is 24.6 Å². The van der Waals surface area contributed by atoms with Crippen LogP contribution >= 0.6 is 0 Å². The third-order valence-corrected chi connectivity index (χ3v) is 3.78. The molecule has 0 aliphatic heterocycles. The second kappa shape index (κ2) is 4.15. The Balaban J connectivity index is 2.00. The molecule has 1 aromatic carbocycles. The van der Waals surface area contributed by atoms with Crippen LogP contribution < -0.4 is 0 Å². The summed E-state index contributed by atoms with van der Waals surface area (Å²) < 4.78 is 4.07. The van der Waals surface area contributed by atoms with E-state index in [1.165, 1.54) is 0 Å². The van der Waals surface area contributed by atoms with Crippen LogP contribution in [-0.2, 0) is 7.05 Å². The van der Waals surface area contributed by atoms with Gasteiger partial charge in [-0.25, -0.2) is 15.0 Å². The van der Waals surface area contributed by atoms with Crippen LogP contribution in [0.2, 0.25) is 0 Å². The molecule has 0 saturated carbocycles. The van der Waals surface area contributed by atoms with Crippen molar-refractivity contribution in [3.63, 3.8) is 0 Å². The Kier molecular flexibility index (Phi) is 2.39. The summed E-state index contributed by atoms with van der Waals surface area (Å²) >= 11 is 0. The maximum Gasteiger partial charge on any atom is 0.234 e. The smallest absolute Gasteiger partial charge is 0.234 e. The number of aryl methyl sites for hydroxylation is 3. The lowest BCUT2D eigenvalue weighted by atomic mass is 10.3. The number of benzene rings is 1. The maximum absolute atomic E-state index is 4.69. The number of aromatic nitrogens is 5. The predicted octanol–water partition coefficient (Wildman–Crippen LogP) is 2.90. The molecule has 0 amide bonds. The van der Waals surface area contributed by atoms with Gasteiger partial charge in [-0.05, 0) is 32.0 Å². The van der Waals surface area contributed by atoms with Crippen LogP contribution in [0.15, 0.2) is 36.5 Å². The van der Waals surface area contributed by atoms with Crippen molar-refractivity contribution in [1.82, 2.24) is 23.9 Å². The number of imidazole rings is 2. The zero-order valence-corrected chi connectivity index (χ0v) is 12.2. The molecular formula is C16H15N5. The highest BCUT2D eigenvalue weighted by Crippen LogP contribution is 2.23. The lowest BCUT2D eigenvalue weighted by molar-refractivity contribution is 0.953. The zero-order chi connectivity index (χ0) is 14.6. The summed E-state index contributed by atoms with van der Waals surface area (Å²) in [5, 5.41) is 0. The molecule has 0 N–H and O–H groups in total. The van der Waals surface area contributed by atoms with Gasteiger partial charge in [-0.15, -0.1) is 0 Å². The van der Waals surface area contributed by atoms with E-state index in [0.29, 0.717) is 0 Å². The number of rotatable bonds is 1. The van der Waals surface area contributed by atoms with Crippen molar-refractivity contribution in [2.45, 2.75) is 13.8 Å². The lowest BCUT2D eigenvalue weighted by Gasteiger charge is -1.99. The van der Waals surface area contributed by atoms with Gasteiger partial charge in [0.05, 0.1) is 11.0 Å². The molecule has 3 heterocycles. The van der Waals surface area contributed by atoms with Crippen molar-refractivity contribution >= 4 is 16.8 Å². The molecule has 0 radical (unpaired) electrons. The van der Waals surface area contributed by atoms with Crippen molar-refractivity contribution in [3.8, 4) is 11.5 Å². The van der Waals surface area contributed by atoms with E-state index in [1.807, 2.05) is 48.8 Å². The maximum atomic E-state index is 4.69. The summed E-state index contributed by atoms with van der Waals surface area (Å²) in [6, 6.07) is 10.1. The van der Waals surface area contributed by atoms with Crippen molar-refractivity contribution in [1.29, 1.82) is 0 Å². The standard InChI is InChI=1S/C16H15N5/c1-10-8-11(2)21-9-13(19-16(21)17-10)15-18-12-6-4-5-7-14(12)20(15)3/h4-9H,1-3H3. The molecule has 0 aliphatic carbocycles. The van der Waals surface area contributed by atoms with E-state index in [0.717, 1.165) is 39.7 Å². The van der Waals surface area contributed by atoms with Gasteiger partial charge in [-0.3, -0.25) is 4.40 Å². The SMILES string of the molecule is Cc1cc(C)n2cc(-c3nc4ccccc4n3C)nc2n1. The summed E-state index contributed by atoms with van der Waals surface area (Å²) in [4.78, 5) is 13.8. The van der Waals surface area contributed by atoms with Crippen LogP contribution in [-0.4, -0.2) is 23.9 Å². The summed E-state index contributed by atoms with van der Waals surface area (Å²) in [5.41, 5.74) is 5.02. The Hall–Kier alpha value is -2.69. The summed E-state index contributed by atoms with van der Waals surface area (Å²) in [5.74, 6) is 1.58. The van der Waals surface area contributed by atoms with Gasteiger partial charge >= 0.3 is 0 Å². The molecule has 0 saturated heterocycles. The Morgan fingerprint density at radius 3 is 2.62 bits per heavy atom. The highest BCUT2D eigenvalue weighted by Gasteiger charge is 2.14. The molecule has 0 unspecified atom stereocenters. The quantitative estimate of drug-likeness (QED) is 0.537. The Morgan fingerprint density at radius 2 is 1.81 bits per heavy atom. The third kappa shape index (κ3) is 1.74. The molecule has 104 valence electrons. The predicted molar refractivity (Wildman–Crippen MR) is 82.2 cm³/mol. The second-order valence-corrected chi connectivity index (χ2v) is 5.32. The molecule has 0 fully saturated rings. The first kappa shape index (κ1) is 12.1. The zero-order valence-electron chi connectivity index (χ0n) is 12.2. The molecular weight excluding hydrogens is 262 g/mol.